The van der Waals surface area contributed by atoms with Crippen LogP contribution in [-0.2, 0) is 0 Å². The average Bonchev–Trinajstić information content (AvgIpc) is 2.02. The van der Waals surface area contributed by atoms with Gasteiger partial charge in [0.15, 0.2) is 0 Å². The van der Waals surface area contributed by atoms with E-state index in [1.165, 1.54) is 22.3 Å². The number of halogens is 2. The molecule has 0 aliphatic carbocycles. The third kappa shape index (κ3) is 3.99. The van der Waals surface area contributed by atoms with Gasteiger partial charge in [-0.1, -0.05) is 17.7 Å². The molecule has 0 aliphatic heterocycles. The van der Waals surface area contributed by atoms with Gasteiger partial charge in [-0.05, 0) is 37.5 Å². The Kier molecular flexibility index (Phi) is 8.07. The Morgan fingerprint density at radius 3 is 1.80 bits per heavy atom. The van der Waals surface area contributed by atoms with Crippen LogP contribution in [0.15, 0.2) is 12.1 Å². The van der Waals surface area contributed by atoms with Crippen molar-refractivity contribution in [1.82, 2.24) is 0 Å². The number of hydrogen-bond acceptors (Lipinski definition) is 2. The zero-order valence-electron chi connectivity index (χ0n) is 9.41. The highest BCUT2D eigenvalue weighted by molar-refractivity contribution is 5.85. The number of rotatable bonds is 2. The molecule has 1 aromatic rings. The molecule has 1 atom stereocenters. The molecule has 0 unspecified atom stereocenters. The van der Waals surface area contributed by atoms with Gasteiger partial charge in [-0.2, -0.15) is 0 Å². The van der Waals surface area contributed by atoms with Crippen LogP contribution in [0.1, 0.15) is 28.3 Å². The molecular formula is C11H20Cl2N2. The largest absolute Gasteiger partial charge is 0.329 e. The highest BCUT2D eigenvalue weighted by Gasteiger charge is 2.10. The first-order chi connectivity index (χ1) is 6.06. The molecule has 88 valence electrons. The van der Waals surface area contributed by atoms with Crippen LogP contribution in [0.4, 0.5) is 0 Å². The molecule has 0 saturated heterocycles. The highest BCUT2D eigenvalue weighted by Crippen LogP contribution is 2.21. The topological polar surface area (TPSA) is 52.0 Å². The maximum atomic E-state index is 5.92. The Labute approximate surface area is 104 Å². The van der Waals surface area contributed by atoms with Gasteiger partial charge in [0.05, 0.1) is 0 Å². The predicted octanol–water partition coefficient (Wildman–Crippen LogP) is 2.41. The summed E-state index contributed by atoms with van der Waals surface area (Å²) in [6.45, 7) is 6.78. The smallest absolute Gasteiger partial charge is 0.0424 e. The lowest BCUT2D eigenvalue weighted by Crippen LogP contribution is -2.22. The molecule has 2 nitrogen and oxygen atoms in total. The Morgan fingerprint density at radius 1 is 1.07 bits per heavy atom. The van der Waals surface area contributed by atoms with E-state index in [0.29, 0.717) is 6.54 Å². The lowest BCUT2D eigenvalue weighted by atomic mass is 9.94. The molecule has 0 heterocycles. The van der Waals surface area contributed by atoms with Crippen molar-refractivity contribution >= 4 is 24.8 Å². The standard InChI is InChI=1S/C11H18N2.2ClH/c1-7-4-8(2)11(9(3)5-7)10(13)6-12;;/h4-5,10H,6,12-13H2,1-3H3;2*1H/t10-;;/m0../s1. The molecule has 0 aromatic heterocycles. The molecule has 0 fully saturated rings. The van der Waals surface area contributed by atoms with E-state index in [1.807, 2.05) is 0 Å². The molecule has 15 heavy (non-hydrogen) atoms. The highest BCUT2D eigenvalue weighted by atomic mass is 35.5. The van der Waals surface area contributed by atoms with Crippen LogP contribution in [-0.4, -0.2) is 6.54 Å². The van der Waals surface area contributed by atoms with Gasteiger partial charge in [-0.25, -0.2) is 0 Å². The molecule has 4 N–H and O–H groups in total. The predicted molar refractivity (Wildman–Crippen MR) is 71.1 cm³/mol. The number of aryl methyl sites for hydroxylation is 3. The quantitative estimate of drug-likeness (QED) is 0.848. The van der Waals surface area contributed by atoms with Crippen LogP contribution in [0.2, 0.25) is 0 Å². The van der Waals surface area contributed by atoms with Crippen molar-refractivity contribution in [2.45, 2.75) is 26.8 Å². The Bertz CT molecular complexity index is 290. The lowest BCUT2D eigenvalue weighted by Gasteiger charge is -2.16. The van der Waals surface area contributed by atoms with Gasteiger partial charge < -0.3 is 11.5 Å². The second kappa shape index (κ2) is 7.07. The monoisotopic (exact) mass is 250 g/mol. The summed E-state index contributed by atoms with van der Waals surface area (Å²) in [6.07, 6.45) is 0. The fourth-order valence-corrected chi connectivity index (χ4v) is 1.89. The van der Waals surface area contributed by atoms with Gasteiger partial charge in [0.2, 0.25) is 0 Å². The van der Waals surface area contributed by atoms with Crippen molar-refractivity contribution in [1.29, 1.82) is 0 Å². The maximum absolute atomic E-state index is 5.92. The van der Waals surface area contributed by atoms with Gasteiger partial charge >= 0.3 is 0 Å². The Hall–Kier alpha value is -0.280. The number of benzene rings is 1. The first-order valence-corrected chi connectivity index (χ1v) is 4.59. The molecule has 0 radical (unpaired) electrons. The minimum absolute atomic E-state index is 0. The van der Waals surface area contributed by atoms with E-state index in [9.17, 15) is 0 Å². The summed E-state index contributed by atoms with van der Waals surface area (Å²) >= 11 is 0. The van der Waals surface area contributed by atoms with E-state index in [-0.39, 0.29) is 30.9 Å². The summed E-state index contributed by atoms with van der Waals surface area (Å²) in [7, 11) is 0. The van der Waals surface area contributed by atoms with Crippen LogP contribution >= 0.6 is 24.8 Å². The van der Waals surface area contributed by atoms with Gasteiger partial charge in [-0.3, -0.25) is 0 Å². The van der Waals surface area contributed by atoms with E-state index in [2.05, 4.69) is 32.9 Å². The van der Waals surface area contributed by atoms with Crippen LogP contribution in [0.25, 0.3) is 0 Å². The first-order valence-electron chi connectivity index (χ1n) is 4.59. The third-order valence-electron chi connectivity index (χ3n) is 2.36. The van der Waals surface area contributed by atoms with Gasteiger partial charge in [-0.15, -0.1) is 24.8 Å². The minimum atomic E-state index is -0.0272. The summed E-state index contributed by atoms with van der Waals surface area (Å²) < 4.78 is 0. The molecule has 0 saturated carbocycles. The molecule has 0 spiro atoms. The van der Waals surface area contributed by atoms with Crippen molar-refractivity contribution in [3.63, 3.8) is 0 Å². The van der Waals surface area contributed by atoms with Crippen molar-refractivity contribution in [3.8, 4) is 0 Å². The van der Waals surface area contributed by atoms with E-state index >= 15 is 0 Å². The van der Waals surface area contributed by atoms with Crippen molar-refractivity contribution in [2.75, 3.05) is 6.54 Å². The summed E-state index contributed by atoms with van der Waals surface area (Å²) in [5.74, 6) is 0. The molecule has 0 aliphatic rings. The second-order valence-corrected chi connectivity index (χ2v) is 3.65. The molecule has 1 aromatic carbocycles. The van der Waals surface area contributed by atoms with E-state index in [0.717, 1.165) is 0 Å². The van der Waals surface area contributed by atoms with Crippen LogP contribution < -0.4 is 11.5 Å². The van der Waals surface area contributed by atoms with E-state index in [4.69, 9.17) is 11.5 Å². The van der Waals surface area contributed by atoms with Crippen molar-refractivity contribution < 1.29 is 0 Å². The summed E-state index contributed by atoms with van der Waals surface area (Å²) in [4.78, 5) is 0. The van der Waals surface area contributed by atoms with Gasteiger partial charge in [0.1, 0.15) is 0 Å². The summed E-state index contributed by atoms with van der Waals surface area (Å²) in [6, 6.07) is 4.27. The fraction of sp³-hybridized carbons (Fsp3) is 0.455. The summed E-state index contributed by atoms with van der Waals surface area (Å²) in [5, 5.41) is 0. The number of hydrogen-bond donors (Lipinski definition) is 2. The third-order valence-corrected chi connectivity index (χ3v) is 2.36. The van der Waals surface area contributed by atoms with Crippen molar-refractivity contribution in [2.24, 2.45) is 11.5 Å². The van der Waals surface area contributed by atoms with Gasteiger partial charge in [0.25, 0.3) is 0 Å². The zero-order valence-corrected chi connectivity index (χ0v) is 11.0. The lowest BCUT2D eigenvalue weighted by molar-refractivity contribution is 0.725. The second-order valence-electron chi connectivity index (χ2n) is 3.65. The van der Waals surface area contributed by atoms with Gasteiger partial charge in [0, 0.05) is 12.6 Å². The maximum Gasteiger partial charge on any atom is 0.0424 e. The molecule has 0 amide bonds. The van der Waals surface area contributed by atoms with Crippen LogP contribution in [0.3, 0.4) is 0 Å². The Balaban J connectivity index is 0. The number of nitrogens with two attached hydrogens (primary N) is 2. The summed E-state index contributed by atoms with van der Waals surface area (Å²) in [5.41, 5.74) is 16.4. The Morgan fingerprint density at radius 2 is 1.47 bits per heavy atom. The normalized spacial score (nSPS) is 11.3. The minimum Gasteiger partial charge on any atom is -0.329 e. The van der Waals surface area contributed by atoms with Crippen LogP contribution in [0, 0.1) is 20.8 Å². The van der Waals surface area contributed by atoms with E-state index in [1.54, 1.807) is 0 Å². The average molecular weight is 251 g/mol. The molecule has 0 bridgehead atoms. The van der Waals surface area contributed by atoms with E-state index < -0.39 is 0 Å². The molecular weight excluding hydrogens is 231 g/mol. The van der Waals surface area contributed by atoms with Crippen molar-refractivity contribution in [3.05, 3.63) is 34.4 Å². The SMILES string of the molecule is Cc1cc(C)c([C@@H](N)CN)c(C)c1.Cl.Cl. The first kappa shape index (κ1) is 17.1. The fourth-order valence-electron chi connectivity index (χ4n) is 1.89. The molecule has 1 rings (SSSR count). The van der Waals surface area contributed by atoms with Crippen LogP contribution in [0.5, 0.6) is 0 Å². The zero-order chi connectivity index (χ0) is 10.0. The molecule has 4 heteroatoms.